The summed E-state index contributed by atoms with van der Waals surface area (Å²) in [5, 5.41) is 8.53. The highest BCUT2D eigenvalue weighted by molar-refractivity contribution is 7.86. The predicted molar refractivity (Wildman–Crippen MR) is 39.6 cm³/mol. The average Bonchev–Trinajstić information content (AvgIpc) is 2.31. The molecule has 0 amide bonds. The number of ether oxygens (including phenoxy) is 1. The van der Waals surface area contributed by atoms with Crippen molar-refractivity contribution in [3.05, 3.63) is 0 Å². The van der Waals surface area contributed by atoms with Crippen molar-refractivity contribution >= 4 is 10.1 Å². The second-order valence-corrected chi connectivity index (χ2v) is 4.21. The van der Waals surface area contributed by atoms with E-state index >= 15 is 0 Å². The number of nitrogens with zero attached hydrogens (tertiary/aromatic N) is 1. The lowest BCUT2D eigenvalue weighted by molar-refractivity contribution is 0.144. The fourth-order valence-corrected chi connectivity index (χ4v) is 1.61. The molecule has 0 aromatic heterocycles. The first-order valence-corrected chi connectivity index (χ1v) is 5.20. The van der Waals surface area contributed by atoms with Gasteiger partial charge in [0.15, 0.2) is 0 Å². The van der Waals surface area contributed by atoms with Gasteiger partial charge >= 0.3 is 0 Å². The molecule has 0 saturated carbocycles. The molecule has 1 rings (SSSR count). The van der Waals surface area contributed by atoms with Gasteiger partial charge in [-0.15, -0.1) is 0 Å². The van der Waals surface area contributed by atoms with Crippen LogP contribution in [0.15, 0.2) is 0 Å². The maximum atomic E-state index is 10.7. The molecular formula is C6H9NO4S. The van der Waals surface area contributed by atoms with Crippen molar-refractivity contribution in [1.29, 1.82) is 5.26 Å². The molecule has 0 aromatic rings. The highest BCUT2D eigenvalue weighted by atomic mass is 32.2. The Kier molecular flexibility index (Phi) is 2.67. The van der Waals surface area contributed by atoms with Gasteiger partial charge in [-0.1, -0.05) is 0 Å². The van der Waals surface area contributed by atoms with Crippen LogP contribution in [0.25, 0.3) is 0 Å². The van der Waals surface area contributed by atoms with E-state index in [1.165, 1.54) is 0 Å². The van der Waals surface area contributed by atoms with Crippen LogP contribution in [0, 0.1) is 17.2 Å². The lowest BCUT2D eigenvalue weighted by Gasteiger charge is -2.09. The Morgan fingerprint density at radius 3 is 2.75 bits per heavy atom. The largest absolute Gasteiger partial charge is 0.377 e. The summed E-state index contributed by atoms with van der Waals surface area (Å²) >= 11 is 0. The molecule has 6 heteroatoms. The summed E-state index contributed by atoms with van der Waals surface area (Å²) in [4.78, 5) is 0. The van der Waals surface area contributed by atoms with Crippen LogP contribution in [-0.2, 0) is 19.0 Å². The third kappa shape index (κ3) is 2.44. The van der Waals surface area contributed by atoms with Crippen molar-refractivity contribution in [1.82, 2.24) is 0 Å². The van der Waals surface area contributed by atoms with Crippen LogP contribution in [0.1, 0.15) is 0 Å². The van der Waals surface area contributed by atoms with Gasteiger partial charge < -0.3 is 4.74 Å². The molecular weight excluding hydrogens is 182 g/mol. The van der Waals surface area contributed by atoms with E-state index in [0.717, 1.165) is 6.26 Å². The van der Waals surface area contributed by atoms with Gasteiger partial charge in [-0.05, 0) is 0 Å². The Bertz CT molecular complexity index is 291. The molecule has 1 saturated heterocycles. The Labute approximate surface area is 71.0 Å². The van der Waals surface area contributed by atoms with E-state index < -0.39 is 22.1 Å². The molecule has 0 unspecified atom stereocenters. The van der Waals surface area contributed by atoms with Crippen LogP contribution >= 0.6 is 0 Å². The molecule has 0 spiro atoms. The first kappa shape index (κ1) is 9.45. The summed E-state index contributed by atoms with van der Waals surface area (Å²) in [6.45, 7) is 0.419. The van der Waals surface area contributed by atoms with Crippen LogP contribution in [0.5, 0.6) is 0 Å². The monoisotopic (exact) mass is 191 g/mol. The van der Waals surface area contributed by atoms with E-state index in [0.29, 0.717) is 0 Å². The van der Waals surface area contributed by atoms with Crippen molar-refractivity contribution in [2.75, 3.05) is 19.5 Å². The minimum absolute atomic E-state index is 0.172. The normalized spacial score (nSPS) is 30.0. The number of hydrogen-bond acceptors (Lipinski definition) is 5. The van der Waals surface area contributed by atoms with Gasteiger partial charge in [-0.2, -0.15) is 13.7 Å². The molecule has 0 bridgehead atoms. The quantitative estimate of drug-likeness (QED) is 0.550. The maximum Gasteiger partial charge on any atom is 0.264 e. The smallest absolute Gasteiger partial charge is 0.264 e. The molecule has 0 radical (unpaired) electrons. The first-order valence-electron chi connectivity index (χ1n) is 3.38. The van der Waals surface area contributed by atoms with Gasteiger partial charge in [0, 0.05) is 0 Å². The Morgan fingerprint density at radius 2 is 2.25 bits per heavy atom. The third-order valence-electron chi connectivity index (χ3n) is 1.49. The summed E-state index contributed by atoms with van der Waals surface area (Å²) in [7, 11) is -3.48. The van der Waals surface area contributed by atoms with Crippen molar-refractivity contribution in [3.8, 4) is 6.07 Å². The fourth-order valence-electron chi connectivity index (χ4n) is 0.974. The summed E-state index contributed by atoms with van der Waals surface area (Å²) < 4.78 is 30.8. The van der Waals surface area contributed by atoms with Gasteiger partial charge in [0.25, 0.3) is 10.1 Å². The highest BCUT2D eigenvalue weighted by Gasteiger charge is 2.31. The third-order valence-corrected chi connectivity index (χ3v) is 2.09. The maximum absolute atomic E-state index is 10.7. The van der Waals surface area contributed by atoms with Crippen LogP contribution in [-0.4, -0.2) is 34.0 Å². The van der Waals surface area contributed by atoms with Crippen molar-refractivity contribution in [2.24, 2.45) is 5.92 Å². The Morgan fingerprint density at radius 1 is 1.58 bits per heavy atom. The molecule has 12 heavy (non-hydrogen) atoms. The second kappa shape index (κ2) is 3.39. The zero-order valence-electron chi connectivity index (χ0n) is 6.56. The topological polar surface area (TPSA) is 76.4 Å². The lowest BCUT2D eigenvalue weighted by Crippen LogP contribution is -2.24. The van der Waals surface area contributed by atoms with Gasteiger partial charge in [0.2, 0.25) is 0 Å². The first-order chi connectivity index (χ1) is 5.53. The van der Waals surface area contributed by atoms with Gasteiger partial charge in [0.05, 0.1) is 31.5 Å². The molecule has 68 valence electrons. The molecule has 1 fully saturated rings. The summed E-state index contributed by atoms with van der Waals surface area (Å²) in [5.74, 6) is -0.472. The van der Waals surface area contributed by atoms with Crippen LogP contribution < -0.4 is 0 Å². The molecule has 5 nitrogen and oxygen atoms in total. The number of nitriles is 1. The fraction of sp³-hybridized carbons (Fsp3) is 0.833. The molecule has 0 N–H and O–H groups in total. The minimum Gasteiger partial charge on any atom is -0.377 e. The SMILES string of the molecule is CS(=O)(=O)O[C@@H]1COC[C@H]1C#N. The van der Waals surface area contributed by atoms with Gasteiger partial charge in [-0.3, -0.25) is 4.18 Å². The van der Waals surface area contributed by atoms with E-state index in [4.69, 9.17) is 10.00 Å². The van der Waals surface area contributed by atoms with Crippen LogP contribution in [0.3, 0.4) is 0 Å². The van der Waals surface area contributed by atoms with Crippen molar-refractivity contribution < 1.29 is 17.3 Å². The Hall–Kier alpha value is -0.640. The van der Waals surface area contributed by atoms with Gasteiger partial charge in [0.1, 0.15) is 6.10 Å². The molecule has 1 aliphatic rings. The van der Waals surface area contributed by atoms with Crippen molar-refractivity contribution in [2.45, 2.75) is 6.10 Å². The zero-order chi connectivity index (χ0) is 9.19. The van der Waals surface area contributed by atoms with E-state index in [1.807, 2.05) is 6.07 Å². The number of rotatable bonds is 2. The molecule has 1 heterocycles. The molecule has 2 atom stereocenters. The highest BCUT2D eigenvalue weighted by Crippen LogP contribution is 2.17. The average molecular weight is 191 g/mol. The summed E-state index contributed by atoms with van der Waals surface area (Å²) in [6.07, 6.45) is 0.324. The van der Waals surface area contributed by atoms with Gasteiger partial charge in [-0.25, -0.2) is 0 Å². The van der Waals surface area contributed by atoms with E-state index in [1.54, 1.807) is 0 Å². The molecule has 0 aliphatic carbocycles. The standard InChI is InChI=1S/C6H9NO4S/c1-12(8,9)11-6-4-10-3-5(6)2-7/h5-6H,3-4H2,1H3/t5-,6-/m1/s1. The van der Waals surface area contributed by atoms with Crippen LogP contribution in [0.4, 0.5) is 0 Å². The number of hydrogen-bond donors (Lipinski definition) is 0. The second-order valence-electron chi connectivity index (χ2n) is 2.61. The molecule has 1 aliphatic heterocycles. The Balaban J connectivity index is 2.59. The molecule has 0 aromatic carbocycles. The summed E-state index contributed by atoms with van der Waals surface area (Å²) in [5.41, 5.74) is 0. The van der Waals surface area contributed by atoms with Crippen molar-refractivity contribution in [3.63, 3.8) is 0 Å². The van der Waals surface area contributed by atoms with E-state index in [-0.39, 0.29) is 13.2 Å². The summed E-state index contributed by atoms with van der Waals surface area (Å²) in [6, 6.07) is 1.92. The zero-order valence-corrected chi connectivity index (χ0v) is 7.37. The van der Waals surface area contributed by atoms with E-state index in [9.17, 15) is 8.42 Å². The minimum atomic E-state index is -3.48. The predicted octanol–water partition coefficient (Wildman–Crippen LogP) is -0.499. The lowest BCUT2D eigenvalue weighted by atomic mass is 10.1. The van der Waals surface area contributed by atoms with Crippen LogP contribution in [0.2, 0.25) is 0 Å². The van der Waals surface area contributed by atoms with E-state index in [2.05, 4.69) is 4.18 Å².